The quantitative estimate of drug-likeness (QED) is 0.467. The summed E-state index contributed by atoms with van der Waals surface area (Å²) in [5.74, 6) is 1.06. The molecule has 1 aliphatic carbocycles. The first kappa shape index (κ1) is 10.7. The third kappa shape index (κ3) is 2.25. The maximum absolute atomic E-state index is 5.42. The van der Waals surface area contributed by atoms with Crippen LogP contribution in [0.1, 0.15) is 32.1 Å². The van der Waals surface area contributed by atoms with Gasteiger partial charge in [0.15, 0.2) is 5.96 Å². The number of hydrogen-bond donors (Lipinski definition) is 3. The smallest absolute Gasteiger partial charge is 0.185 e. The third-order valence-electron chi connectivity index (χ3n) is 4.00. The molecule has 2 aliphatic rings. The first-order valence-corrected chi connectivity index (χ1v) is 5.99. The summed E-state index contributed by atoms with van der Waals surface area (Å²) < 4.78 is 0. The van der Waals surface area contributed by atoms with Crippen LogP contribution in [0.25, 0.3) is 0 Å². The predicted octanol–water partition coefficient (Wildman–Crippen LogP) is 0.430. The molecule has 2 rings (SSSR count). The van der Waals surface area contributed by atoms with Crippen molar-refractivity contribution in [1.82, 2.24) is 5.32 Å². The number of nitrogens with two attached hydrogens (primary N) is 2. The Hall–Kier alpha value is -0.770. The van der Waals surface area contributed by atoms with Gasteiger partial charge in [0.25, 0.3) is 0 Å². The van der Waals surface area contributed by atoms with E-state index in [0.717, 1.165) is 25.6 Å². The molecule has 4 nitrogen and oxygen atoms in total. The molecule has 0 amide bonds. The van der Waals surface area contributed by atoms with Crippen LogP contribution in [-0.4, -0.2) is 25.6 Å². The number of aliphatic imine (C=N–C) groups is 1. The molecule has 0 radical (unpaired) electrons. The summed E-state index contributed by atoms with van der Waals surface area (Å²) >= 11 is 0. The van der Waals surface area contributed by atoms with E-state index >= 15 is 0 Å². The lowest BCUT2D eigenvalue weighted by molar-refractivity contribution is 0.0617. The number of hydrogen-bond acceptors (Lipinski definition) is 2. The van der Waals surface area contributed by atoms with Gasteiger partial charge >= 0.3 is 0 Å². The fourth-order valence-electron chi connectivity index (χ4n) is 2.94. The van der Waals surface area contributed by atoms with Crippen LogP contribution >= 0.6 is 0 Å². The van der Waals surface area contributed by atoms with Crippen molar-refractivity contribution < 1.29 is 0 Å². The van der Waals surface area contributed by atoms with Gasteiger partial charge in [-0.25, -0.2) is 0 Å². The molecule has 5 N–H and O–H groups in total. The Kier molecular flexibility index (Phi) is 3.14. The first-order valence-electron chi connectivity index (χ1n) is 5.99. The van der Waals surface area contributed by atoms with Crippen molar-refractivity contribution in [3.05, 3.63) is 0 Å². The van der Waals surface area contributed by atoms with Gasteiger partial charge in [-0.15, -0.1) is 0 Å². The van der Waals surface area contributed by atoms with Crippen LogP contribution in [0, 0.1) is 11.3 Å². The highest BCUT2D eigenvalue weighted by atomic mass is 15.0. The molecule has 0 aromatic rings. The van der Waals surface area contributed by atoms with E-state index in [2.05, 4.69) is 10.3 Å². The Morgan fingerprint density at radius 2 is 1.87 bits per heavy atom. The molecule has 1 heterocycles. The highest BCUT2D eigenvalue weighted by Crippen LogP contribution is 2.41. The van der Waals surface area contributed by atoms with Crippen LogP contribution < -0.4 is 16.8 Å². The largest absolute Gasteiger partial charge is 0.370 e. The van der Waals surface area contributed by atoms with Crippen LogP contribution in [0.3, 0.4) is 0 Å². The lowest BCUT2D eigenvalue weighted by Crippen LogP contribution is -2.60. The van der Waals surface area contributed by atoms with E-state index in [9.17, 15) is 0 Å². The van der Waals surface area contributed by atoms with E-state index in [1.807, 2.05) is 0 Å². The number of nitrogens with one attached hydrogen (secondary N) is 1. The fourth-order valence-corrected chi connectivity index (χ4v) is 2.94. The average molecular weight is 210 g/mol. The number of guanidine groups is 1. The van der Waals surface area contributed by atoms with E-state index in [4.69, 9.17) is 11.5 Å². The van der Waals surface area contributed by atoms with Gasteiger partial charge in [-0.1, -0.05) is 19.3 Å². The van der Waals surface area contributed by atoms with Gasteiger partial charge in [-0.3, -0.25) is 4.99 Å². The molecule has 1 saturated heterocycles. The molecule has 0 unspecified atom stereocenters. The van der Waals surface area contributed by atoms with Crippen LogP contribution in [0.15, 0.2) is 4.99 Å². The predicted molar refractivity (Wildman–Crippen MR) is 62.6 cm³/mol. The Bertz CT molecular complexity index is 235. The fraction of sp³-hybridized carbons (Fsp3) is 0.909. The second kappa shape index (κ2) is 4.39. The molecule has 86 valence electrons. The van der Waals surface area contributed by atoms with Crippen molar-refractivity contribution in [2.45, 2.75) is 32.1 Å². The summed E-state index contributed by atoms with van der Waals surface area (Å²) in [7, 11) is 0. The van der Waals surface area contributed by atoms with E-state index < -0.39 is 0 Å². The Morgan fingerprint density at radius 3 is 2.33 bits per heavy atom. The SMILES string of the molecule is NC(N)=NCC1(C2CCCCC2)CNC1. The van der Waals surface area contributed by atoms with Crippen LogP contribution in [0.5, 0.6) is 0 Å². The monoisotopic (exact) mass is 210 g/mol. The standard InChI is InChI=1S/C11H22N4/c12-10(13)15-8-11(6-14-7-11)9-4-2-1-3-5-9/h9,14H,1-8H2,(H4,12,13,15). The normalized spacial score (nSPS) is 25.6. The number of nitrogens with zero attached hydrogens (tertiary/aromatic N) is 1. The molecule has 4 heteroatoms. The van der Waals surface area contributed by atoms with Crippen molar-refractivity contribution in [2.75, 3.05) is 19.6 Å². The molecular weight excluding hydrogens is 188 g/mol. The minimum atomic E-state index is 0.233. The van der Waals surface area contributed by atoms with Gasteiger partial charge in [0.2, 0.25) is 0 Å². The second-order valence-electron chi connectivity index (χ2n) is 5.04. The van der Waals surface area contributed by atoms with Crippen molar-refractivity contribution >= 4 is 5.96 Å². The van der Waals surface area contributed by atoms with Crippen LogP contribution in [0.2, 0.25) is 0 Å². The maximum atomic E-state index is 5.42. The highest BCUT2D eigenvalue weighted by molar-refractivity contribution is 5.75. The summed E-state index contributed by atoms with van der Waals surface area (Å²) in [4.78, 5) is 4.23. The van der Waals surface area contributed by atoms with Gasteiger partial charge in [0.05, 0.1) is 6.54 Å². The molecule has 1 aliphatic heterocycles. The lowest BCUT2D eigenvalue weighted by atomic mass is 9.65. The van der Waals surface area contributed by atoms with Crippen LogP contribution in [0.4, 0.5) is 0 Å². The molecule has 0 bridgehead atoms. The molecule has 0 atom stereocenters. The van der Waals surface area contributed by atoms with E-state index in [0.29, 0.717) is 5.41 Å². The zero-order valence-electron chi connectivity index (χ0n) is 9.34. The zero-order valence-corrected chi connectivity index (χ0v) is 9.34. The minimum absolute atomic E-state index is 0.233. The van der Waals surface area contributed by atoms with Crippen molar-refractivity contribution in [1.29, 1.82) is 0 Å². The maximum Gasteiger partial charge on any atom is 0.185 e. The summed E-state index contributed by atoms with van der Waals surface area (Å²) in [5, 5.41) is 3.37. The second-order valence-corrected chi connectivity index (χ2v) is 5.04. The molecule has 2 fully saturated rings. The number of rotatable bonds is 3. The Morgan fingerprint density at radius 1 is 1.20 bits per heavy atom. The molecular formula is C11H22N4. The topological polar surface area (TPSA) is 76.4 Å². The third-order valence-corrected chi connectivity index (χ3v) is 4.00. The van der Waals surface area contributed by atoms with E-state index in [-0.39, 0.29) is 5.96 Å². The zero-order chi connectivity index (χ0) is 10.7. The van der Waals surface area contributed by atoms with Gasteiger partial charge < -0.3 is 16.8 Å². The Labute approximate surface area is 91.5 Å². The van der Waals surface area contributed by atoms with Gasteiger partial charge in [0.1, 0.15) is 0 Å². The van der Waals surface area contributed by atoms with Gasteiger partial charge in [-0.2, -0.15) is 0 Å². The summed E-state index contributed by atoms with van der Waals surface area (Å²) in [6.07, 6.45) is 6.90. The van der Waals surface area contributed by atoms with Crippen LogP contribution in [-0.2, 0) is 0 Å². The van der Waals surface area contributed by atoms with Gasteiger partial charge in [-0.05, 0) is 18.8 Å². The molecule has 15 heavy (non-hydrogen) atoms. The van der Waals surface area contributed by atoms with Crippen molar-refractivity contribution in [2.24, 2.45) is 27.8 Å². The molecule has 0 spiro atoms. The minimum Gasteiger partial charge on any atom is -0.370 e. The summed E-state index contributed by atoms with van der Waals surface area (Å²) in [6.45, 7) is 3.00. The van der Waals surface area contributed by atoms with Crippen molar-refractivity contribution in [3.8, 4) is 0 Å². The summed E-state index contributed by atoms with van der Waals surface area (Å²) in [6, 6.07) is 0. The summed E-state index contributed by atoms with van der Waals surface area (Å²) in [5.41, 5.74) is 11.2. The first-order chi connectivity index (χ1) is 7.23. The van der Waals surface area contributed by atoms with Gasteiger partial charge in [0, 0.05) is 18.5 Å². The van der Waals surface area contributed by atoms with Crippen molar-refractivity contribution in [3.63, 3.8) is 0 Å². The molecule has 1 saturated carbocycles. The highest BCUT2D eigenvalue weighted by Gasteiger charge is 2.43. The average Bonchev–Trinajstić information content (AvgIpc) is 2.17. The molecule has 0 aromatic heterocycles. The van der Waals surface area contributed by atoms with E-state index in [1.165, 1.54) is 32.1 Å². The van der Waals surface area contributed by atoms with E-state index in [1.54, 1.807) is 0 Å². The molecule has 0 aromatic carbocycles. The lowest BCUT2D eigenvalue weighted by Gasteiger charge is -2.49. The Balaban J connectivity index is 1.97.